The Bertz CT molecular complexity index is 410. The van der Waals surface area contributed by atoms with E-state index in [0.29, 0.717) is 19.6 Å². The molecule has 1 fully saturated rings. The molecule has 1 aliphatic rings. The van der Waals surface area contributed by atoms with Crippen molar-refractivity contribution in [3.8, 4) is 0 Å². The zero-order chi connectivity index (χ0) is 13.0. The summed E-state index contributed by atoms with van der Waals surface area (Å²) in [6, 6.07) is 2.21. The van der Waals surface area contributed by atoms with E-state index >= 15 is 0 Å². The summed E-state index contributed by atoms with van der Waals surface area (Å²) in [5.74, 6) is 0.155. The van der Waals surface area contributed by atoms with Crippen LogP contribution in [-0.2, 0) is 16.1 Å². The van der Waals surface area contributed by atoms with Crippen molar-refractivity contribution in [2.45, 2.75) is 19.0 Å². The molecule has 1 N–H and O–H groups in total. The van der Waals surface area contributed by atoms with Crippen LogP contribution in [0.1, 0.15) is 11.3 Å². The fourth-order valence-electron chi connectivity index (χ4n) is 1.88. The van der Waals surface area contributed by atoms with Crippen molar-refractivity contribution in [1.82, 2.24) is 10.2 Å². The van der Waals surface area contributed by atoms with E-state index in [-0.39, 0.29) is 24.4 Å². The van der Waals surface area contributed by atoms with E-state index in [2.05, 4.69) is 27.3 Å². The summed E-state index contributed by atoms with van der Waals surface area (Å²) < 4.78 is 6.42. The van der Waals surface area contributed by atoms with Crippen LogP contribution in [0.3, 0.4) is 0 Å². The maximum Gasteiger partial charge on any atom is 0.224 e. The van der Waals surface area contributed by atoms with E-state index in [1.165, 1.54) is 4.88 Å². The number of nitrogens with one attached hydrogen (secondary N) is 1. The maximum atomic E-state index is 12.0. The van der Waals surface area contributed by atoms with Crippen molar-refractivity contribution in [2.24, 2.45) is 0 Å². The third-order valence-corrected chi connectivity index (χ3v) is 4.54. The molecule has 1 aromatic heterocycles. The highest BCUT2D eigenvalue weighted by atomic mass is 79.9. The van der Waals surface area contributed by atoms with Gasteiger partial charge in [-0.2, -0.15) is 0 Å². The second kappa shape index (κ2) is 8.21. The normalized spacial score (nSPS) is 18.7. The number of halogens is 2. The molecule has 0 aliphatic carbocycles. The molecular formula is C12H18BrClN2O2S. The number of carbonyl (C=O) groups excluding carboxylic acids is 1. The molecule has 1 amide bonds. The first-order valence-electron chi connectivity index (χ1n) is 5.93. The molecule has 1 aromatic rings. The fraction of sp³-hybridized carbons (Fsp3) is 0.583. The molecule has 1 aliphatic heterocycles. The zero-order valence-electron chi connectivity index (χ0n) is 10.7. The van der Waals surface area contributed by atoms with Gasteiger partial charge in [0, 0.05) is 40.8 Å². The number of rotatable bonds is 4. The number of carbonyl (C=O) groups is 1. The van der Waals surface area contributed by atoms with Crippen molar-refractivity contribution in [3.05, 3.63) is 20.8 Å². The lowest BCUT2D eigenvalue weighted by molar-refractivity contribution is -0.131. The number of nitrogens with zero attached hydrogens (tertiary/aromatic N) is 1. The van der Waals surface area contributed by atoms with E-state index < -0.39 is 0 Å². The number of hydrogen-bond donors (Lipinski definition) is 1. The molecule has 108 valence electrons. The van der Waals surface area contributed by atoms with Crippen LogP contribution in [0, 0.1) is 0 Å². The highest BCUT2D eigenvalue weighted by molar-refractivity contribution is 9.10. The molecule has 0 saturated carbocycles. The Hall–Kier alpha value is -0.140. The van der Waals surface area contributed by atoms with Gasteiger partial charge in [0.05, 0.1) is 19.8 Å². The molecule has 2 rings (SSSR count). The molecule has 0 aromatic carbocycles. The van der Waals surface area contributed by atoms with Crippen LogP contribution in [0.4, 0.5) is 0 Å². The van der Waals surface area contributed by atoms with Gasteiger partial charge in [-0.15, -0.1) is 23.7 Å². The second-order valence-corrected chi connectivity index (χ2v) is 6.32. The molecule has 2 heterocycles. The first-order valence-corrected chi connectivity index (χ1v) is 7.60. The molecule has 0 bridgehead atoms. The lowest BCUT2D eigenvalue weighted by Gasteiger charge is -2.25. The van der Waals surface area contributed by atoms with Gasteiger partial charge in [0.15, 0.2) is 0 Å². The molecule has 1 unspecified atom stereocenters. The Morgan fingerprint density at radius 3 is 3.05 bits per heavy atom. The molecule has 19 heavy (non-hydrogen) atoms. The van der Waals surface area contributed by atoms with Gasteiger partial charge in [-0.3, -0.25) is 4.79 Å². The summed E-state index contributed by atoms with van der Waals surface area (Å²) in [5.41, 5.74) is 0. The van der Waals surface area contributed by atoms with E-state index in [1.807, 2.05) is 12.4 Å². The summed E-state index contributed by atoms with van der Waals surface area (Å²) in [5, 5.41) is 5.33. The molecule has 4 nitrogen and oxygen atoms in total. The summed E-state index contributed by atoms with van der Waals surface area (Å²) in [6.45, 7) is 2.87. The number of morpholine rings is 1. The summed E-state index contributed by atoms with van der Waals surface area (Å²) in [4.78, 5) is 15.0. The molecule has 0 spiro atoms. The topological polar surface area (TPSA) is 41.6 Å². The molecule has 1 atom stereocenters. The summed E-state index contributed by atoms with van der Waals surface area (Å²) in [7, 11) is 1.85. The molecule has 1 saturated heterocycles. The van der Waals surface area contributed by atoms with Gasteiger partial charge >= 0.3 is 0 Å². The summed E-state index contributed by atoms with van der Waals surface area (Å²) >= 11 is 5.08. The SMILES string of the molecule is CN(Cc1cc(Br)cs1)C(=O)CC1COCCN1.Cl. The number of hydrogen-bond acceptors (Lipinski definition) is 4. The maximum absolute atomic E-state index is 12.0. The van der Waals surface area contributed by atoms with Crippen LogP contribution >= 0.6 is 39.7 Å². The van der Waals surface area contributed by atoms with Crippen molar-refractivity contribution in [2.75, 3.05) is 26.8 Å². The van der Waals surface area contributed by atoms with Crippen LogP contribution in [0.2, 0.25) is 0 Å². The summed E-state index contributed by atoms with van der Waals surface area (Å²) in [6.07, 6.45) is 0.503. The van der Waals surface area contributed by atoms with Crippen molar-refractivity contribution in [3.63, 3.8) is 0 Å². The van der Waals surface area contributed by atoms with Crippen molar-refractivity contribution in [1.29, 1.82) is 0 Å². The van der Waals surface area contributed by atoms with Gasteiger partial charge in [0.1, 0.15) is 0 Å². The van der Waals surface area contributed by atoms with Gasteiger partial charge in [-0.1, -0.05) is 0 Å². The van der Waals surface area contributed by atoms with Gasteiger partial charge < -0.3 is 15.0 Å². The Balaban J connectivity index is 0.00000180. The van der Waals surface area contributed by atoms with Crippen LogP contribution in [-0.4, -0.2) is 43.7 Å². The predicted octanol–water partition coefficient (Wildman–Crippen LogP) is 2.27. The van der Waals surface area contributed by atoms with Crippen molar-refractivity contribution >= 4 is 45.6 Å². The van der Waals surface area contributed by atoms with E-state index in [4.69, 9.17) is 4.74 Å². The Morgan fingerprint density at radius 1 is 1.68 bits per heavy atom. The van der Waals surface area contributed by atoms with Crippen LogP contribution < -0.4 is 5.32 Å². The van der Waals surface area contributed by atoms with Gasteiger partial charge in [0.2, 0.25) is 5.91 Å². The first kappa shape index (κ1) is 16.9. The van der Waals surface area contributed by atoms with E-state index in [0.717, 1.165) is 17.6 Å². The largest absolute Gasteiger partial charge is 0.378 e. The highest BCUT2D eigenvalue weighted by Crippen LogP contribution is 2.21. The van der Waals surface area contributed by atoms with Crippen molar-refractivity contribution < 1.29 is 9.53 Å². The Labute approximate surface area is 132 Å². The Morgan fingerprint density at radius 2 is 2.47 bits per heavy atom. The van der Waals surface area contributed by atoms with Gasteiger partial charge in [0.25, 0.3) is 0 Å². The zero-order valence-corrected chi connectivity index (χ0v) is 13.9. The smallest absolute Gasteiger partial charge is 0.224 e. The van der Waals surface area contributed by atoms with Crippen LogP contribution in [0.5, 0.6) is 0 Å². The Kier molecular flexibility index (Phi) is 7.31. The van der Waals surface area contributed by atoms with E-state index in [9.17, 15) is 4.79 Å². The van der Waals surface area contributed by atoms with E-state index in [1.54, 1.807) is 16.2 Å². The lowest BCUT2D eigenvalue weighted by atomic mass is 10.2. The van der Waals surface area contributed by atoms with Gasteiger partial charge in [-0.25, -0.2) is 0 Å². The monoisotopic (exact) mass is 368 g/mol. The second-order valence-electron chi connectivity index (χ2n) is 4.41. The van der Waals surface area contributed by atoms with Gasteiger partial charge in [-0.05, 0) is 22.0 Å². The minimum atomic E-state index is 0. The number of thiophene rings is 1. The van der Waals surface area contributed by atoms with Crippen LogP contribution in [0.15, 0.2) is 15.9 Å². The third kappa shape index (κ3) is 5.39. The third-order valence-electron chi connectivity index (χ3n) is 2.86. The average Bonchev–Trinajstić information content (AvgIpc) is 2.76. The fourth-order valence-corrected chi connectivity index (χ4v) is 3.38. The first-order chi connectivity index (χ1) is 8.65. The number of amides is 1. The number of ether oxygens (including phenoxy) is 1. The molecular weight excluding hydrogens is 352 g/mol. The quantitative estimate of drug-likeness (QED) is 0.885. The average molecular weight is 370 g/mol. The highest BCUT2D eigenvalue weighted by Gasteiger charge is 2.19. The standard InChI is InChI=1S/C12H17BrN2O2S.ClH/c1-15(6-11-4-9(13)8-18-11)12(16)5-10-7-17-3-2-14-10;/h4,8,10,14H,2-3,5-7H2,1H3;1H. The lowest BCUT2D eigenvalue weighted by Crippen LogP contribution is -2.44. The van der Waals surface area contributed by atoms with Crippen LogP contribution in [0.25, 0.3) is 0 Å². The molecule has 0 radical (unpaired) electrons. The minimum Gasteiger partial charge on any atom is -0.378 e. The minimum absolute atomic E-state index is 0. The predicted molar refractivity (Wildman–Crippen MR) is 83.0 cm³/mol. The molecule has 7 heteroatoms.